The molecule has 0 bridgehead atoms. The molecule has 1 aliphatic heterocycles. The van der Waals surface area contributed by atoms with Crippen molar-refractivity contribution in [2.24, 2.45) is 4.99 Å². The molecule has 0 saturated heterocycles. The summed E-state index contributed by atoms with van der Waals surface area (Å²) in [6.07, 6.45) is 0.883. The number of rotatable bonds is 4. The fourth-order valence-corrected chi connectivity index (χ4v) is 2.40. The third kappa shape index (κ3) is 4.53. The molecule has 25 heavy (non-hydrogen) atoms. The lowest BCUT2D eigenvalue weighted by Gasteiger charge is -2.14. The van der Waals surface area contributed by atoms with E-state index in [1.807, 2.05) is 36.4 Å². The molecule has 0 saturated carbocycles. The molecule has 0 amide bonds. The van der Waals surface area contributed by atoms with Gasteiger partial charge in [0.1, 0.15) is 0 Å². The topological polar surface area (TPSA) is 77.0 Å². The van der Waals surface area contributed by atoms with Crippen LogP contribution in [-0.2, 0) is 6.54 Å². The summed E-state index contributed by atoms with van der Waals surface area (Å²) in [6.45, 7) is 1.86. The predicted octanol–water partition coefficient (Wildman–Crippen LogP) is 2.44. The molecular formula is C18H22N4O3. The highest BCUT2D eigenvalue weighted by Crippen LogP contribution is 2.32. The van der Waals surface area contributed by atoms with Crippen molar-refractivity contribution in [1.29, 1.82) is 0 Å². The Morgan fingerprint density at radius 3 is 2.84 bits per heavy atom. The van der Waals surface area contributed by atoms with Gasteiger partial charge in [-0.15, -0.1) is 0 Å². The first-order valence-electron chi connectivity index (χ1n) is 8.16. The first kappa shape index (κ1) is 16.9. The number of fused-ring (bicyclic) bond motifs is 1. The van der Waals surface area contributed by atoms with Gasteiger partial charge in [-0.05, 0) is 18.2 Å². The van der Waals surface area contributed by atoms with Gasteiger partial charge in [0, 0.05) is 31.3 Å². The molecule has 0 unspecified atom stereocenters. The third-order valence-corrected chi connectivity index (χ3v) is 3.66. The maximum Gasteiger partial charge on any atom is 0.213 e. The van der Waals surface area contributed by atoms with Crippen LogP contribution in [0, 0.1) is 0 Å². The quantitative estimate of drug-likeness (QED) is 0.656. The minimum absolute atomic E-state index is 0.529. The molecule has 3 rings (SSSR count). The average molecular weight is 342 g/mol. The minimum Gasteiger partial charge on any atom is -0.490 e. The Kier molecular flexibility index (Phi) is 5.56. The van der Waals surface area contributed by atoms with Crippen LogP contribution in [0.25, 0.3) is 0 Å². The van der Waals surface area contributed by atoms with Gasteiger partial charge in [-0.25, -0.2) is 4.98 Å². The highest BCUT2D eigenvalue weighted by Gasteiger charge is 2.11. The second-order valence-electron chi connectivity index (χ2n) is 5.43. The normalized spacial score (nSPS) is 13.8. The van der Waals surface area contributed by atoms with E-state index in [-0.39, 0.29) is 0 Å². The molecule has 0 fully saturated rings. The zero-order valence-corrected chi connectivity index (χ0v) is 14.4. The summed E-state index contributed by atoms with van der Waals surface area (Å²) in [6, 6.07) is 11.4. The van der Waals surface area contributed by atoms with E-state index in [2.05, 4.69) is 20.6 Å². The monoisotopic (exact) mass is 342 g/mol. The van der Waals surface area contributed by atoms with Crippen LogP contribution in [0.4, 0.5) is 5.69 Å². The van der Waals surface area contributed by atoms with Gasteiger partial charge in [-0.1, -0.05) is 6.07 Å². The molecule has 0 radical (unpaired) electrons. The first-order chi connectivity index (χ1) is 12.3. The van der Waals surface area contributed by atoms with Crippen molar-refractivity contribution < 1.29 is 14.2 Å². The number of methoxy groups -OCH3 is 1. The van der Waals surface area contributed by atoms with Crippen LogP contribution in [0.3, 0.4) is 0 Å². The zero-order chi connectivity index (χ0) is 17.5. The largest absolute Gasteiger partial charge is 0.490 e. The summed E-state index contributed by atoms with van der Waals surface area (Å²) in [5, 5.41) is 6.47. The molecular weight excluding hydrogens is 320 g/mol. The number of anilines is 1. The van der Waals surface area contributed by atoms with E-state index in [0.717, 1.165) is 29.3 Å². The summed E-state index contributed by atoms with van der Waals surface area (Å²) < 4.78 is 16.5. The predicted molar refractivity (Wildman–Crippen MR) is 96.7 cm³/mol. The van der Waals surface area contributed by atoms with Crippen molar-refractivity contribution in [3.63, 3.8) is 0 Å². The van der Waals surface area contributed by atoms with Crippen molar-refractivity contribution in [1.82, 2.24) is 10.3 Å². The maximum atomic E-state index is 5.71. The van der Waals surface area contributed by atoms with E-state index in [4.69, 9.17) is 14.2 Å². The summed E-state index contributed by atoms with van der Waals surface area (Å²) >= 11 is 0. The fraction of sp³-hybridized carbons (Fsp3) is 0.333. The van der Waals surface area contributed by atoms with Gasteiger partial charge in [0.25, 0.3) is 0 Å². The maximum absolute atomic E-state index is 5.71. The van der Waals surface area contributed by atoms with E-state index in [1.54, 1.807) is 14.2 Å². The van der Waals surface area contributed by atoms with Gasteiger partial charge in [0.2, 0.25) is 5.88 Å². The molecule has 1 aliphatic rings. The van der Waals surface area contributed by atoms with Gasteiger partial charge in [0.05, 0.1) is 32.6 Å². The summed E-state index contributed by atoms with van der Waals surface area (Å²) in [5.41, 5.74) is 1.73. The van der Waals surface area contributed by atoms with Gasteiger partial charge in [-0.2, -0.15) is 0 Å². The van der Waals surface area contributed by atoms with Crippen molar-refractivity contribution in [2.75, 3.05) is 32.7 Å². The lowest BCUT2D eigenvalue weighted by atomic mass is 10.2. The van der Waals surface area contributed by atoms with Crippen molar-refractivity contribution in [2.45, 2.75) is 13.0 Å². The Hall–Kier alpha value is -2.96. The van der Waals surface area contributed by atoms with E-state index >= 15 is 0 Å². The minimum atomic E-state index is 0.529. The number of aromatic nitrogens is 1. The zero-order valence-electron chi connectivity index (χ0n) is 14.4. The van der Waals surface area contributed by atoms with Crippen LogP contribution in [0.15, 0.2) is 41.4 Å². The number of hydrogen-bond acceptors (Lipinski definition) is 5. The van der Waals surface area contributed by atoms with Gasteiger partial charge in [-0.3, -0.25) is 4.99 Å². The second-order valence-corrected chi connectivity index (χ2v) is 5.43. The van der Waals surface area contributed by atoms with Crippen LogP contribution < -0.4 is 24.8 Å². The molecule has 0 aliphatic carbocycles. The third-order valence-electron chi connectivity index (χ3n) is 3.66. The first-order valence-corrected chi connectivity index (χ1v) is 8.16. The summed E-state index contributed by atoms with van der Waals surface area (Å²) in [4.78, 5) is 8.60. The van der Waals surface area contributed by atoms with Crippen molar-refractivity contribution in [3.8, 4) is 17.4 Å². The number of hydrogen-bond donors (Lipinski definition) is 2. The van der Waals surface area contributed by atoms with Gasteiger partial charge in [0.15, 0.2) is 17.5 Å². The van der Waals surface area contributed by atoms with Crippen LogP contribution >= 0.6 is 0 Å². The molecule has 2 N–H and O–H groups in total. The molecule has 1 aromatic heterocycles. The van der Waals surface area contributed by atoms with Gasteiger partial charge >= 0.3 is 0 Å². The molecule has 0 atom stereocenters. The van der Waals surface area contributed by atoms with Crippen LogP contribution in [0.5, 0.6) is 17.4 Å². The Balaban J connectivity index is 1.63. The number of benzene rings is 1. The van der Waals surface area contributed by atoms with Crippen molar-refractivity contribution >= 4 is 11.6 Å². The number of nitrogens with one attached hydrogen (secondary N) is 2. The molecule has 7 heteroatoms. The number of nitrogens with zero attached hydrogens (tertiary/aromatic N) is 2. The average Bonchev–Trinajstić information content (AvgIpc) is 2.90. The summed E-state index contributed by atoms with van der Waals surface area (Å²) in [7, 11) is 3.32. The van der Waals surface area contributed by atoms with Crippen LogP contribution in [-0.4, -0.2) is 38.3 Å². The van der Waals surface area contributed by atoms with E-state index in [0.29, 0.717) is 31.6 Å². The Morgan fingerprint density at radius 2 is 2.04 bits per heavy atom. The highest BCUT2D eigenvalue weighted by molar-refractivity contribution is 5.93. The number of ether oxygens (including phenoxy) is 3. The number of aliphatic imine (C=N–C) groups is 1. The Bertz CT molecular complexity index is 749. The van der Waals surface area contributed by atoms with E-state index < -0.39 is 0 Å². The molecule has 7 nitrogen and oxygen atoms in total. The molecule has 0 spiro atoms. The van der Waals surface area contributed by atoms with Gasteiger partial charge < -0.3 is 24.8 Å². The smallest absolute Gasteiger partial charge is 0.213 e. The van der Waals surface area contributed by atoms with E-state index in [1.165, 1.54) is 0 Å². The number of pyridine rings is 1. The molecule has 1 aromatic carbocycles. The SMILES string of the molecule is CN=C(NCc1cccc(OC)n1)Nc1ccc2c(c1)OCCCO2. The molecule has 2 heterocycles. The second kappa shape index (κ2) is 8.23. The summed E-state index contributed by atoms with van der Waals surface area (Å²) in [5.74, 6) is 2.74. The van der Waals surface area contributed by atoms with E-state index in [9.17, 15) is 0 Å². The lowest BCUT2D eigenvalue weighted by molar-refractivity contribution is 0.297. The van der Waals surface area contributed by atoms with Crippen molar-refractivity contribution in [3.05, 3.63) is 42.1 Å². The Labute approximate surface area is 147 Å². The standard InChI is InChI=1S/C18H22N4O3/c1-19-18(20-12-14-5-3-6-17(21-14)23-2)22-13-7-8-15-16(11-13)25-10-4-9-24-15/h3,5-8,11H,4,9-10,12H2,1-2H3,(H2,19,20,22). The number of guanidine groups is 1. The van der Waals surface area contributed by atoms with Crippen LogP contribution in [0.2, 0.25) is 0 Å². The highest BCUT2D eigenvalue weighted by atomic mass is 16.5. The lowest BCUT2D eigenvalue weighted by Crippen LogP contribution is -2.30. The molecule has 132 valence electrons. The fourth-order valence-electron chi connectivity index (χ4n) is 2.40. The Morgan fingerprint density at radius 1 is 1.20 bits per heavy atom. The van der Waals surface area contributed by atoms with Crippen LogP contribution in [0.1, 0.15) is 12.1 Å². The molecule has 2 aromatic rings.